The van der Waals surface area contributed by atoms with Crippen molar-refractivity contribution < 1.29 is 9.53 Å². The summed E-state index contributed by atoms with van der Waals surface area (Å²) in [6.07, 6.45) is 2.01. The minimum atomic E-state index is -0.319. The second-order valence-corrected chi connectivity index (χ2v) is 7.83. The Morgan fingerprint density at radius 2 is 1.93 bits per heavy atom. The quantitative estimate of drug-likeness (QED) is 0.719. The summed E-state index contributed by atoms with van der Waals surface area (Å²) in [5, 5.41) is 6.34. The van der Waals surface area contributed by atoms with Crippen LogP contribution >= 0.6 is 0 Å². The summed E-state index contributed by atoms with van der Waals surface area (Å²) >= 11 is 0. The maximum Gasteiger partial charge on any atom is 0.243 e. The fourth-order valence-electron chi connectivity index (χ4n) is 3.52. The zero-order valence-corrected chi connectivity index (χ0v) is 17.2. The molecule has 5 heteroatoms. The molecule has 2 aromatic rings. The number of methoxy groups -OCH3 is 1. The topological polar surface area (TPSA) is 45.1 Å². The Labute approximate surface area is 167 Å². The van der Waals surface area contributed by atoms with Crippen molar-refractivity contribution >= 4 is 17.3 Å². The van der Waals surface area contributed by atoms with Gasteiger partial charge >= 0.3 is 0 Å². The highest BCUT2D eigenvalue weighted by Crippen LogP contribution is 2.31. The summed E-state index contributed by atoms with van der Waals surface area (Å²) < 4.78 is 5.31. The molecule has 3 rings (SSSR count). The standard InChI is InChI=1S/C23H29N3O2/c1-23(2)17-21(18-10-8-13-20(16-18)28-4)24-26(23)22(27)14-9-15-25(3)19-11-6-5-7-12-19/h5-8,10-13,16H,9,14-15,17H2,1-4H3. The van der Waals surface area contributed by atoms with Crippen LogP contribution in [0.15, 0.2) is 59.7 Å². The van der Waals surface area contributed by atoms with Crippen molar-refractivity contribution in [1.29, 1.82) is 0 Å². The molecule has 1 aliphatic rings. The predicted molar refractivity (Wildman–Crippen MR) is 114 cm³/mol. The number of hydrazone groups is 1. The molecule has 2 aromatic carbocycles. The van der Waals surface area contributed by atoms with Gasteiger partial charge in [0, 0.05) is 37.7 Å². The molecule has 0 saturated carbocycles. The van der Waals surface area contributed by atoms with Crippen molar-refractivity contribution in [2.75, 3.05) is 25.6 Å². The number of ether oxygens (including phenoxy) is 1. The van der Waals surface area contributed by atoms with Gasteiger partial charge in [-0.25, -0.2) is 5.01 Å². The minimum absolute atomic E-state index is 0.0735. The molecule has 0 aliphatic carbocycles. The van der Waals surface area contributed by atoms with Crippen molar-refractivity contribution in [2.45, 2.75) is 38.6 Å². The second kappa shape index (κ2) is 8.46. The summed E-state index contributed by atoms with van der Waals surface area (Å²) in [4.78, 5) is 15.0. The van der Waals surface area contributed by atoms with Crippen LogP contribution in [0.3, 0.4) is 0 Å². The number of rotatable bonds is 7. The van der Waals surface area contributed by atoms with Gasteiger partial charge in [-0.1, -0.05) is 30.3 Å². The summed E-state index contributed by atoms with van der Waals surface area (Å²) in [5.41, 5.74) is 2.78. The molecular weight excluding hydrogens is 350 g/mol. The Kier molecular flexibility index (Phi) is 6.02. The smallest absolute Gasteiger partial charge is 0.243 e. The SMILES string of the molecule is COc1cccc(C2=NN(C(=O)CCCN(C)c3ccccc3)C(C)(C)C2)c1. The Hall–Kier alpha value is -2.82. The fourth-order valence-corrected chi connectivity index (χ4v) is 3.52. The van der Waals surface area contributed by atoms with E-state index in [4.69, 9.17) is 4.74 Å². The first-order valence-corrected chi connectivity index (χ1v) is 9.72. The van der Waals surface area contributed by atoms with Gasteiger partial charge in [-0.15, -0.1) is 0 Å². The normalized spacial score (nSPS) is 15.3. The van der Waals surface area contributed by atoms with E-state index >= 15 is 0 Å². The third kappa shape index (κ3) is 4.53. The molecule has 5 nitrogen and oxygen atoms in total. The zero-order valence-electron chi connectivity index (χ0n) is 17.2. The summed E-state index contributed by atoms with van der Waals surface area (Å²) in [5.74, 6) is 0.871. The average molecular weight is 380 g/mol. The number of hydrogen-bond donors (Lipinski definition) is 0. The largest absolute Gasteiger partial charge is 0.497 e. The van der Waals surface area contributed by atoms with Crippen LogP contribution in [0.4, 0.5) is 5.69 Å². The third-order valence-corrected chi connectivity index (χ3v) is 5.11. The van der Waals surface area contributed by atoms with Gasteiger partial charge < -0.3 is 9.64 Å². The molecule has 148 valence electrons. The summed E-state index contributed by atoms with van der Waals surface area (Å²) in [6, 6.07) is 18.1. The van der Waals surface area contributed by atoms with Gasteiger partial charge in [0.1, 0.15) is 5.75 Å². The monoisotopic (exact) mass is 379 g/mol. The van der Waals surface area contributed by atoms with Crippen molar-refractivity contribution in [2.24, 2.45) is 5.10 Å². The number of nitrogens with zero attached hydrogens (tertiary/aromatic N) is 3. The van der Waals surface area contributed by atoms with Crippen LogP contribution < -0.4 is 9.64 Å². The van der Waals surface area contributed by atoms with Crippen LogP contribution in [-0.2, 0) is 4.79 Å². The Morgan fingerprint density at radius 3 is 2.64 bits per heavy atom. The maximum atomic E-state index is 12.9. The molecule has 0 radical (unpaired) electrons. The van der Waals surface area contributed by atoms with E-state index in [1.165, 1.54) is 0 Å². The summed E-state index contributed by atoms with van der Waals surface area (Å²) in [7, 11) is 3.71. The molecular formula is C23H29N3O2. The van der Waals surface area contributed by atoms with Gasteiger partial charge in [-0.2, -0.15) is 5.10 Å². The van der Waals surface area contributed by atoms with Gasteiger partial charge in [-0.3, -0.25) is 4.79 Å². The van der Waals surface area contributed by atoms with Crippen LogP contribution in [0.1, 0.15) is 38.7 Å². The lowest BCUT2D eigenvalue weighted by Crippen LogP contribution is -2.41. The van der Waals surface area contributed by atoms with E-state index in [1.807, 2.05) is 42.5 Å². The van der Waals surface area contributed by atoms with Crippen LogP contribution in [0, 0.1) is 0 Å². The van der Waals surface area contributed by atoms with Gasteiger partial charge in [0.2, 0.25) is 5.91 Å². The first kappa shape index (κ1) is 19.9. The molecule has 0 atom stereocenters. The van der Waals surface area contributed by atoms with Crippen LogP contribution in [0.25, 0.3) is 0 Å². The van der Waals surface area contributed by atoms with Crippen molar-refractivity contribution in [3.8, 4) is 5.75 Å². The van der Waals surface area contributed by atoms with E-state index < -0.39 is 0 Å². The van der Waals surface area contributed by atoms with Crippen LogP contribution in [-0.4, -0.2) is 42.9 Å². The highest BCUT2D eigenvalue weighted by Gasteiger charge is 2.38. The molecule has 0 unspecified atom stereocenters. The first-order valence-electron chi connectivity index (χ1n) is 9.72. The number of para-hydroxylation sites is 1. The van der Waals surface area contributed by atoms with Gasteiger partial charge in [0.05, 0.1) is 18.4 Å². The molecule has 1 amide bonds. The minimum Gasteiger partial charge on any atom is -0.497 e. The van der Waals surface area contributed by atoms with Crippen LogP contribution in [0.2, 0.25) is 0 Å². The molecule has 0 aromatic heterocycles. The van der Waals surface area contributed by atoms with E-state index in [0.717, 1.165) is 42.1 Å². The number of carbonyl (C=O) groups is 1. The predicted octanol–water partition coefficient (Wildman–Crippen LogP) is 4.33. The highest BCUT2D eigenvalue weighted by atomic mass is 16.5. The Bertz CT molecular complexity index is 846. The number of hydrogen-bond acceptors (Lipinski definition) is 4. The molecule has 1 aliphatic heterocycles. The molecule has 28 heavy (non-hydrogen) atoms. The number of amides is 1. The second-order valence-electron chi connectivity index (χ2n) is 7.83. The number of anilines is 1. The molecule has 0 spiro atoms. The molecule has 1 heterocycles. The van der Waals surface area contributed by atoms with Gasteiger partial charge in [-0.05, 0) is 44.5 Å². The van der Waals surface area contributed by atoms with E-state index in [2.05, 4.69) is 43.0 Å². The van der Waals surface area contributed by atoms with E-state index in [0.29, 0.717) is 6.42 Å². The van der Waals surface area contributed by atoms with Gasteiger partial charge in [0.25, 0.3) is 0 Å². The summed E-state index contributed by atoms with van der Waals surface area (Å²) in [6.45, 7) is 4.96. The molecule has 0 N–H and O–H groups in total. The molecule has 0 fully saturated rings. The lowest BCUT2D eigenvalue weighted by Gasteiger charge is -2.29. The average Bonchev–Trinajstić information content (AvgIpc) is 3.04. The lowest BCUT2D eigenvalue weighted by atomic mass is 9.94. The number of benzene rings is 2. The molecule has 0 saturated heterocycles. The lowest BCUT2D eigenvalue weighted by molar-refractivity contribution is -0.135. The Morgan fingerprint density at radius 1 is 1.18 bits per heavy atom. The van der Waals surface area contributed by atoms with Crippen molar-refractivity contribution in [1.82, 2.24) is 5.01 Å². The fraction of sp³-hybridized carbons (Fsp3) is 0.391. The first-order chi connectivity index (χ1) is 13.4. The zero-order chi connectivity index (χ0) is 20.1. The van der Waals surface area contributed by atoms with Gasteiger partial charge in [0.15, 0.2) is 0 Å². The Balaban J connectivity index is 1.62. The van der Waals surface area contributed by atoms with Crippen molar-refractivity contribution in [3.63, 3.8) is 0 Å². The van der Waals surface area contributed by atoms with E-state index in [1.54, 1.807) is 12.1 Å². The van der Waals surface area contributed by atoms with E-state index in [9.17, 15) is 4.79 Å². The molecule has 0 bridgehead atoms. The third-order valence-electron chi connectivity index (χ3n) is 5.11. The van der Waals surface area contributed by atoms with Crippen LogP contribution in [0.5, 0.6) is 5.75 Å². The highest BCUT2D eigenvalue weighted by molar-refractivity contribution is 6.03. The van der Waals surface area contributed by atoms with Crippen molar-refractivity contribution in [3.05, 3.63) is 60.2 Å². The van der Waals surface area contributed by atoms with E-state index in [-0.39, 0.29) is 11.4 Å². The number of carbonyl (C=O) groups excluding carboxylic acids is 1. The maximum absolute atomic E-state index is 12.9.